The maximum absolute atomic E-state index is 12.5. The van der Waals surface area contributed by atoms with Gasteiger partial charge in [-0.15, -0.1) is 0 Å². The van der Waals surface area contributed by atoms with Crippen molar-refractivity contribution in [1.29, 1.82) is 0 Å². The molecule has 3 aromatic carbocycles. The predicted octanol–water partition coefficient (Wildman–Crippen LogP) is 4.36. The lowest BCUT2D eigenvalue weighted by Crippen LogP contribution is -2.48. The third kappa shape index (κ3) is 6.41. The number of nitrogens with one attached hydrogen (secondary N) is 1. The quantitative estimate of drug-likeness (QED) is 0.529. The van der Waals surface area contributed by atoms with Gasteiger partial charge in [0.25, 0.3) is 10.0 Å². The smallest absolute Gasteiger partial charge is 0.331 e. The number of carbonyl (C=O) groups is 1. The highest BCUT2D eigenvalue weighted by Gasteiger charge is 2.27. The van der Waals surface area contributed by atoms with Gasteiger partial charge in [-0.05, 0) is 55.1 Å². The number of rotatable bonds is 7. The summed E-state index contributed by atoms with van der Waals surface area (Å²) in [5.74, 6) is 0.786. The molecule has 184 valence electrons. The minimum absolute atomic E-state index is 0.0309. The zero-order valence-corrected chi connectivity index (χ0v) is 20.9. The number of amides is 2. The number of carbonyl (C=O) groups excluding carboxylic acids is 1. The molecule has 1 aliphatic rings. The first kappa shape index (κ1) is 24.8. The summed E-state index contributed by atoms with van der Waals surface area (Å²) < 4.78 is 33.1. The number of hydrogen-bond acceptors (Lipinski definition) is 5. The Bertz CT molecular complexity index is 1240. The maximum atomic E-state index is 12.5. The molecule has 0 spiro atoms. The Morgan fingerprint density at radius 1 is 0.943 bits per heavy atom. The van der Waals surface area contributed by atoms with Gasteiger partial charge in [-0.1, -0.05) is 54.6 Å². The summed E-state index contributed by atoms with van der Waals surface area (Å²) >= 11 is 0. The number of sulfonamides is 1. The van der Waals surface area contributed by atoms with Crippen molar-refractivity contribution < 1.29 is 17.9 Å². The van der Waals surface area contributed by atoms with E-state index >= 15 is 0 Å². The Labute approximate surface area is 207 Å². The molecule has 2 amide bonds. The van der Waals surface area contributed by atoms with Crippen LogP contribution in [0.15, 0.2) is 83.8 Å². The van der Waals surface area contributed by atoms with E-state index in [9.17, 15) is 13.2 Å². The molecular formula is C27H31N3O4S. The summed E-state index contributed by atoms with van der Waals surface area (Å²) in [6.45, 7) is 1.72. The Kier molecular flexibility index (Phi) is 7.73. The van der Waals surface area contributed by atoms with Crippen LogP contribution in [0, 0.1) is 0 Å². The number of hydrogen-bond donors (Lipinski definition) is 1. The van der Waals surface area contributed by atoms with Gasteiger partial charge < -0.3 is 14.5 Å². The second-order valence-corrected chi connectivity index (χ2v) is 10.6. The minimum atomic E-state index is -3.88. The first-order valence-electron chi connectivity index (χ1n) is 11.7. The first-order chi connectivity index (χ1) is 16.8. The lowest BCUT2D eigenvalue weighted by Gasteiger charge is -2.32. The first-order valence-corrected chi connectivity index (χ1v) is 13.2. The molecule has 7 nitrogen and oxygen atoms in total. The summed E-state index contributed by atoms with van der Waals surface area (Å²) in [5, 5.41) is 0. The topological polar surface area (TPSA) is 79.0 Å². The molecule has 8 heteroatoms. The van der Waals surface area contributed by atoms with Gasteiger partial charge in [-0.25, -0.2) is 17.9 Å². The van der Waals surface area contributed by atoms with E-state index in [0.717, 1.165) is 17.9 Å². The van der Waals surface area contributed by atoms with E-state index in [1.807, 2.05) is 18.2 Å². The fourth-order valence-electron chi connectivity index (χ4n) is 4.20. The van der Waals surface area contributed by atoms with E-state index in [2.05, 4.69) is 54.0 Å². The van der Waals surface area contributed by atoms with Crippen LogP contribution >= 0.6 is 0 Å². The van der Waals surface area contributed by atoms with Crippen LogP contribution in [-0.4, -0.2) is 57.5 Å². The molecule has 0 atom stereocenters. The molecule has 0 aromatic heterocycles. The Morgan fingerprint density at radius 2 is 1.57 bits per heavy atom. The van der Waals surface area contributed by atoms with Crippen LogP contribution in [0.1, 0.15) is 18.4 Å². The maximum Gasteiger partial charge on any atom is 0.331 e. The van der Waals surface area contributed by atoms with Crippen LogP contribution in [0.4, 0.5) is 4.79 Å². The number of likely N-dealkylation sites (tertiary alicyclic amines) is 1. The molecule has 35 heavy (non-hydrogen) atoms. The molecule has 0 saturated carbocycles. The van der Waals surface area contributed by atoms with Crippen molar-refractivity contribution in [2.45, 2.75) is 30.4 Å². The number of nitrogens with zero attached hydrogens (tertiary/aromatic N) is 2. The summed E-state index contributed by atoms with van der Waals surface area (Å²) in [6, 6.07) is 23.8. The van der Waals surface area contributed by atoms with Gasteiger partial charge in [0.2, 0.25) is 0 Å². The zero-order chi connectivity index (χ0) is 24.8. The Morgan fingerprint density at radius 3 is 2.23 bits per heavy atom. The van der Waals surface area contributed by atoms with Gasteiger partial charge in [0.1, 0.15) is 11.9 Å². The highest BCUT2D eigenvalue weighted by atomic mass is 32.2. The molecule has 0 aliphatic carbocycles. The average molecular weight is 494 g/mol. The van der Waals surface area contributed by atoms with Crippen LogP contribution < -0.4 is 9.46 Å². The van der Waals surface area contributed by atoms with Crippen LogP contribution in [0.25, 0.3) is 11.1 Å². The summed E-state index contributed by atoms with van der Waals surface area (Å²) in [4.78, 5) is 16.3. The van der Waals surface area contributed by atoms with Crippen LogP contribution in [-0.2, 0) is 16.6 Å². The standard InChI is InChI=1S/C27H31N3O4S/c1-29(2)20-22-8-6-7-11-26(22)21-12-14-23(15-13-21)34-24-16-18-30(19-17-24)27(31)28-35(32,33)25-9-4-3-5-10-25/h3-15,24H,16-20H2,1-2H3,(H,28,31). The lowest BCUT2D eigenvalue weighted by atomic mass is 9.99. The highest BCUT2D eigenvalue weighted by molar-refractivity contribution is 7.90. The minimum Gasteiger partial charge on any atom is -0.490 e. The molecule has 1 aliphatic heterocycles. The van der Waals surface area contributed by atoms with Crippen LogP contribution in [0.3, 0.4) is 0 Å². The summed E-state index contributed by atoms with van der Waals surface area (Å²) in [6.07, 6.45) is 1.23. The van der Waals surface area contributed by atoms with E-state index in [-0.39, 0.29) is 11.0 Å². The fraction of sp³-hybridized carbons (Fsp3) is 0.296. The van der Waals surface area contributed by atoms with Crippen molar-refractivity contribution in [3.05, 3.63) is 84.4 Å². The average Bonchev–Trinajstić information content (AvgIpc) is 2.85. The number of urea groups is 1. The van der Waals surface area contributed by atoms with Gasteiger partial charge in [-0.3, -0.25) is 0 Å². The van der Waals surface area contributed by atoms with E-state index in [1.54, 1.807) is 18.2 Å². The molecule has 0 unspecified atom stereocenters. The van der Waals surface area contributed by atoms with Crippen LogP contribution in [0.2, 0.25) is 0 Å². The molecule has 0 bridgehead atoms. The SMILES string of the molecule is CN(C)Cc1ccccc1-c1ccc(OC2CCN(C(=O)NS(=O)(=O)c3ccccc3)CC2)cc1. The van der Waals surface area contributed by atoms with E-state index in [0.29, 0.717) is 25.9 Å². The van der Waals surface area contributed by atoms with Gasteiger partial charge in [0, 0.05) is 32.5 Å². The molecule has 1 N–H and O–H groups in total. The molecule has 4 rings (SSSR count). The van der Waals surface area contributed by atoms with Gasteiger partial charge in [-0.2, -0.15) is 0 Å². The summed E-state index contributed by atoms with van der Waals surface area (Å²) in [5.41, 5.74) is 3.62. The fourth-order valence-corrected chi connectivity index (χ4v) is 5.19. The number of piperidine rings is 1. The third-order valence-electron chi connectivity index (χ3n) is 5.98. The van der Waals surface area contributed by atoms with Crippen molar-refractivity contribution in [1.82, 2.24) is 14.5 Å². The molecular weight excluding hydrogens is 462 g/mol. The molecule has 1 fully saturated rings. The molecule has 1 heterocycles. The molecule has 0 radical (unpaired) electrons. The van der Waals surface area contributed by atoms with Gasteiger partial charge in [0.15, 0.2) is 0 Å². The monoisotopic (exact) mass is 493 g/mol. The second-order valence-electron chi connectivity index (χ2n) is 8.95. The summed E-state index contributed by atoms with van der Waals surface area (Å²) in [7, 11) is 0.238. The third-order valence-corrected chi connectivity index (χ3v) is 7.31. The van der Waals surface area contributed by atoms with E-state index < -0.39 is 16.1 Å². The van der Waals surface area contributed by atoms with Crippen molar-refractivity contribution in [3.63, 3.8) is 0 Å². The number of ether oxygens (including phenoxy) is 1. The zero-order valence-electron chi connectivity index (χ0n) is 20.1. The van der Waals surface area contributed by atoms with E-state index in [4.69, 9.17) is 4.74 Å². The molecule has 1 saturated heterocycles. The van der Waals surface area contributed by atoms with Crippen LogP contribution in [0.5, 0.6) is 5.75 Å². The predicted molar refractivity (Wildman–Crippen MR) is 137 cm³/mol. The number of benzene rings is 3. The van der Waals surface area contributed by atoms with E-state index in [1.165, 1.54) is 28.2 Å². The van der Waals surface area contributed by atoms with Crippen molar-refractivity contribution in [2.24, 2.45) is 0 Å². The Balaban J connectivity index is 1.31. The van der Waals surface area contributed by atoms with Crippen molar-refractivity contribution in [2.75, 3.05) is 27.2 Å². The lowest BCUT2D eigenvalue weighted by molar-refractivity contribution is 0.113. The molecule has 3 aromatic rings. The Hall–Kier alpha value is -3.36. The largest absolute Gasteiger partial charge is 0.490 e. The van der Waals surface area contributed by atoms with Crippen molar-refractivity contribution >= 4 is 16.1 Å². The van der Waals surface area contributed by atoms with Crippen molar-refractivity contribution in [3.8, 4) is 16.9 Å². The normalized spacial score (nSPS) is 14.7. The highest BCUT2D eigenvalue weighted by Crippen LogP contribution is 2.27. The van der Waals surface area contributed by atoms with Gasteiger partial charge >= 0.3 is 6.03 Å². The van der Waals surface area contributed by atoms with Gasteiger partial charge in [0.05, 0.1) is 4.90 Å². The second kappa shape index (κ2) is 10.9.